The van der Waals surface area contributed by atoms with E-state index in [9.17, 15) is 18.4 Å². The molecule has 6 heteroatoms. The van der Waals surface area contributed by atoms with Crippen LogP contribution in [-0.2, 0) is 4.79 Å². The van der Waals surface area contributed by atoms with E-state index >= 15 is 0 Å². The smallest absolute Gasteiger partial charge is 0.322 e. The van der Waals surface area contributed by atoms with Gasteiger partial charge in [-0.15, -0.1) is 0 Å². The minimum Gasteiger partial charge on any atom is -0.326 e. The van der Waals surface area contributed by atoms with E-state index in [0.717, 1.165) is 0 Å². The number of alkyl halides is 2. The Balaban J connectivity index is 1.96. The summed E-state index contributed by atoms with van der Waals surface area (Å²) in [5.41, 5.74) is 0. The molecular formula is C9H12F2N2O2. The number of rotatable bonds is 1. The second-order valence-electron chi connectivity index (χ2n) is 4.13. The predicted molar refractivity (Wildman–Crippen MR) is 47.4 cm³/mol. The first kappa shape index (κ1) is 10.3. The van der Waals surface area contributed by atoms with E-state index in [0.29, 0.717) is 0 Å². The van der Waals surface area contributed by atoms with Crippen molar-refractivity contribution in [2.75, 3.05) is 0 Å². The van der Waals surface area contributed by atoms with Crippen LogP contribution >= 0.6 is 0 Å². The quantitative estimate of drug-likeness (QED) is 0.645. The lowest BCUT2D eigenvalue weighted by Gasteiger charge is -2.30. The van der Waals surface area contributed by atoms with Gasteiger partial charge in [0.1, 0.15) is 6.04 Å². The highest BCUT2D eigenvalue weighted by Crippen LogP contribution is 2.37. The summed E-state index contributed by atoms with van der Waals surface area (Å²) in [6.07, 6.45) is 0.172. The average Bonchev–Trinajstić information content (AvgIpc) is 2.45. The zero-order valence-electron chi connectivity index (χ0n) is 8.06. The van der Waals surface area contributed by atoms with Gasteiger partial charge in [0.15, 0.2) is 0 Å². The molecule has 1 unspecified atom stereocenters. The Morgan fingerprint density at radius 1 is 1.20 bits per heavy atom. The van der Waals surface area contributed by atoms with Crippen LogP contribution in [0.25, 0.3) is 0 Å². The van der Waals surface area contributed by atoms with E-state index in [-0.39, 0.29) is 31.6 Å². The van der Waals surface area contributed by atoms with Crippen LogP contribution in [0.5, 0.6) is 0 Å². The maximum absolute atomic E-state index is 12.9. The molecule has 2 aliphatic rings. The molecule has 1 aliphatic carbocycles. The molecule has 0 aromatic rings. The first-order chi connectivity index (χ1) is 6.98. The molecule has 1 heterocycles. The zero-order valence-corrected chi connectivity index (χ0v) is 8.06. The van der Waals surface area contributed by atoms with Gasteiger partial charge in [-0.05, 0) is 18.8 Å². The van der Waals surface area contributed by atoms with E-state index in [1.165, 1.54) is 0 Å². The Morgan fingerprint density at radius 2 is 1.80 bits per heavy atom. The van der Waals surface area contributed by atoms with Gasteiger partial charge in [0.25, 0.3) is 5.91 Å². The molecule has 15 heavy (non-hydrogen) atoms. The first-order valence-corrected chi connectivity index (χ1v) is 4.97. The molecule has 1 aliphatic heterocycles. The van der Waals surface area contributed by atoms with Gasteiger partial charge in [-0.25, -0.2) is 13.6 Å². The lowest BCUT2D eigenvalue weighted by molar-refractivity contribution is -0.122. The van der Waals surface area contributed by atoms with Gasteiger partial charge in [-0.1, -0.05) is 0 Å². The number of urea groups is 1. The molecule has 1 saturated carbocycles. The molecule has 3 amide bonds. The molecule has 1 atom stereocenters. The third-order valence-electron chi connectivity index (χ3n) is 3.04. The van der Waals surface area contributed by atoms with Crippen LogP contribution in [0.3, 0.4) is 0 Å². The Hall–Kier alpha value is -1.20. The van der Waals surface area contributed by atoms with Crippen molar-refractivity contribution in [3.05, 3.63) is 0 Å². The van der Waals surface area contributed by atoms with Gasteiger partial charge in [-0.2, -0.15) is 0 Å². The fourth-order valence-corrected chi connectivity index (χ4v) is 2.16. The summed E-state index contributed by atoms with van der Waals surface area (Å²) in [6, 6.07) is -1.14. The number of hydrogen-bond acceptors (Lipinski definition) is 2. The van der Waals surface area contributed by atoms with Gasteiger partial charge in [-0.3, -0.25) is 10.1 Å². The van der Waals surface area contributed by atoms with E-state index in [1.807, 2.05) is 0 Å². The predicted octanol–water partition coefficient (Wildman–Crippen LogP) is 1.02. The maximum atomic E-state index is 12.9. The minimum absolute atomic E-state index is 0.156. The Morgan fingerprint density at radius 3 is 2.27 bits per heavy atom. The van der Waals surface area contributed by atoms with E-state index in [1.54, 1.807) is 0 Å². The highest BCUT2D eigenvalue weighted by Gasteiger charge is 2.42. The Labute approximate surface area is 85.4 Å². The summed E-state index contributed by atoms with van der Waals surface area (Å²) in [7, 11) is 0. The lowest BCUT2D eigenvalue weighted by Crippen LogP contribution is -2.40. The van der Waals surface area contributed by atoms with Crippen LogP contribution in [0.4, 0.5) is 13.6 Å². The number of carbonyl (C=O) groups is 2. The third kappa shape index (κ3) is 2.08. The topological polar surface area (TPSA) is 58.2 Å². The van der Waals surface area contributed by atoms with Crippen molar-refractivity contribution >= 4 is 11.9 Å². The van der Waals surface area contributed by atoms with Gasteiger partial charge in [0.05, 0.1) is 0 Å². The third-order valence-corrected chi connectivity index (χ3v) is 3.04. The van der Waals surface area contributed by atoms with Gasteiger partial charge in [0, 0.05) is 12.8 Å². The number of carbonyl (C=O) groups excluding carboxylic acids is 2. The van der Waals surface area contributed by atoms with Gasteiger partial charge >= 0.3 is 6.03 Å². The summed E-state index contributed by atoms with van der Waals surface area (Å²) >= 11 is 0. The maximum Gasteiger partial charge on any atom is 0.322 e. The number of halogens is 2. The first-order valence-electron chi connectivity index (χ1n) is 4.97. The summed E-state index contributed by atoms with van der Waals surface area (Å²) in [5, 5.41) is 4.56. The van der Waals surface area contributed by atoms with E-state index in [2.05, 4.69) is 10.6 Å². The standard InChI is InChI=1S/C9H12F2N2O2/c10-9(11)3-1-5(2-4-9)6-7(14)13-8(15)12-6/h5-6H,1-4H2,(H2,12,13,14,15). The molecule has 0 spiro atoms. The van der Waals surface area contributed by atoms with Crippen molar-refractivity contribution in [1.82, 2.24) is 10.6 Å². The van der Waals surface area contributed by atoms with Gasteiger partial charge in [0.2, 0.25) is 5.92 Å². The highest BCUT2D eigenvalue weighted by molar-refractivity contribution is 6.04. The van der Waals surface area contributed by atoms with E-state index < -0.39 is 23.9 Å². The van der Waals surface area contributed by atoms with Crippen molar-refractivity contribution in [2.45, 2.75) is 37.6 Å². The molecule has 0 radical (unpaired) electrons. The van der Waals surface area contributed by atoms with Crippen LogP contribution in [0, 0.1) is 5.92 Å². The fourth-order valence-electron chi connectivity index (χ4n) is 2.16. The summed E-state index contributed by atoms with van der Waals surface area (Å²) in [6.45, 7) is 0. The zero-order chi connectivity index (χ0) is 11.1. The SMILES string of the molecule is O=C1NC(=O)C(C2CCC(F)(F)CC2)N1. The normalized spacial score (nSPS) is 31.2. The molecule has 4 nitrogen and oxygen atoms in total. The van der Waals surface area contributed by atoms with Crippen molar-refractivity contribution < 1.29 is 18.4 Å². The van der Waals surface area contributed by atoms with Crippen LogP contribution < -0.4 is 10.6 Å². The van der Waals surface area contributed by atoms with Crippen LogP contribution in [0.2, 0.25) is 0 Å². The largest absolute Gasteiger partial charge is 0.326 e. The number of nitrogens with one attached hydrogen (secondary N) is 2. The van der Waals surface area contributed by atoms with Crippen molar-refractivity contribution in [2.24, 2.45) is 5.92 Å². The molecular weight excluding hydrogens is 206 g/mol. The molecule has 2 rings (SSSR count). The second-order valence-corrected chi connectivity index (χ2v) is 4.13. The highest BCUT2D eigenvalue weighted by atomic mass is 19.3. The molecule has 2 fully saturated rings. The average molecular weight is 218 g/mol. The number of imide groups is 1. The molecule has 0 bridgehead atoms. The van der Waals surface area contributed by atoms with Crippen molar-refractivity contribution in [3.63, 3.8) is 0 Å². The summed E-state index contributed by atoms with van der Waals surface area (Å²) < 4.78 is 25.7. The van der Waals surface area contributed by atoms with Crippen LogP contribution in [-0.4, -0.2) is 23.9 Å². The molecule has 2 N–H and O–H groups in total. The summed E-state index contributed by atoms with van der Waals surface area (Å²) in [4.78, 5) is 22.1. The fraction of sp³-hybridized carbons (Fsp3) is 0.778. The second kappa shape index (κ2) is 3.43. The molecule has 0 aromatic heterocycles. The molecule has 0 aromatic carbocycles. The monoisotopic (exact) mass is 218 g/mol. The Kier molecular flexibility index (Phi) is 2.36. The van der Waals surface area contributed by atoms with Gasteiger partial charge < -0.3 is 5.32 Å². The summed E-state index contributed by atoms with van der Waals surface area (Å²) in [5.74, 6) is -3.15. The minimum atomic E-state index is -2.60. The molecule has 1 saturated heterocycles. The van der Waals surface area contributed by atoms with Crippen molar-refractivity contribution in [1.29, 1.82) is 0 Å². The van der Waals surface area contributed by atoms with Crippen molar-refractivity contribution in [3.8, 4) is 0 Å². The number of amides is 3. The molecule has 84 valence electrons. The van der Waals surface area contributed by atoms with E-state index in [4.69, 9.17) is 0 Å². The van der Waals surface area contributed by atoms with Crippen LogP contribution in [0.15, 0.2) is 0 Å². The lowest BCUT2D eigenvalue weighted by atomic mass is 9.82. The van der Waals surface area contributed by atoms with Crippen LogP contribution in [0.1, 0.15) is 25.7 Å². The Bertz CT molecular complexity index is 296. The number of hydrogen-bond donors (Lipinski definition) is 2.